The smallest absolute Gasteiger partial charge is 0.145 e. The van der Waals surface area contributed by atoms with Crippen LogP contribution in [0.5, 0.6) is 0 Å². The number of aryl methyl sites for hydroxylation is 1. The maximum absolute atomic E-state index is 12.6. The molecular weight excluding hydrogens is 271 g/mol. The van der Waals surface area contributed by atoms with Crippen molar-refractivity contribution in [2.45, 2.75) is 39.4 Å². The molecule has 1 unspecified atom stereocenters. The summed E-state index contributed by atoms with van der Waals surface area (Å²) in [4.78, 5) is 10.8. The van der Waals surface area contributed by atoms with Crippen molar-refractivity contribution in [1.82, 2.24) is 19.9 Å². The van der Waals surface area contributed by atoms with Gasteiger partial charge in [0.2, 0.25) is 0 Å². The largest absolute Gasteiger partial charge is 0.329 e. The summed E-state index contributed by atoms with van der Waals surface area (Å²) in [5.41, 5.74) is 5.17. The summed E-state index contributed by atoms with van der Waals surface area (Å²) >= 11 is 0. The number of amidine groups is 1. The SMILES string of the molecule is CC1=NNC2C(CCCF)=C(Cn3ccnc3C)N=CN12. The number of rotatable bonds is 5. The fourth-order valence-electron chi connectivity index (χ4n) is 2.64. The molecule has 0 bridgehead atoms. The van der Waals surface area contributed by atoms with E-state index in [4.69, 9.17) is 0 Å². The molecule has 0 fully saturated rings. The Hall–Kier alpha value is -2.18. The first-order valence-corrected chi connectivity index (χ1v) is 7.08. The molecule has 112 valence electrons. The van der Waals surface area contributed by atoms with Crippen LogP contribution in [0.4, 0.5) is 4.39 Å². The van der Waals surface area contributed by atoms with E-state index in [9.17, 15) is 4.39 Å². The molecule has 7 heteroatoms. The Kier molecular flexibility index (Phi) is 3.72. The minimum Gasteiger partial charge on any atom is -0.329 e. The van der Waals surface area contributed by atoms with Gasteiger partial charge in [0, 0.05) is 12.4 Å². The number of halogens is 1. The molecule has 2 aliphatic rings. The molecule has 6 nitrogen and oxygen atoms in total. The molecule has 0 saturated heterocycles. The number of fused-ring (bicyclic) bond motifs is 1. The van der Waals surface area contributed by atoms with E-state index in [0.717, 1.165) is 22.9 Å². The van der Waals surface area contributed by atoms with Gasteiger partial charge in [-0.2, -0.15) is 5.10 Å². The lowest BCUT2D eigenvalue weighted by Crippen LogP contribution is -2.42. The van der Waals surface area contributed by atoms with Crippen molar-refractivity contribution < 1.29 is 4.39 Å². The molecule has 1 aromatic rings. The number of nitrogens with zero attached hydrogens (tertiary/aromatic N) is 5. The van der Waals surface area contributed by atoms with Gasteiger partial charge in [-0.15, -0.1) is 0 Å². The van der Waals surface area contributed by atoms with Crippen molar-refractivity contribution in [3.8, 4) is 0 Å². The molecule has 21 heavy (non-hydrogen) atoms. The van der Waals surface area contributed by atoms with E-state index in [-0.39, 0.29) is 12.8 Å². The van der Waals surface area contributed by atoms with Crippen molar-refractivity contribution in [1.29, 1.82) is 0 Å². The second-order valence-corrected chi connectivity index (χ2v) is 5.21. The third kappa shape index (κ3) is 2.55. The van der Waals surface area contributed by atoms with Gasteiger partial charge in [-0.3, -0.25) is 14.7 Å². The van der Waals surface area contributed by atoms with Gasteiger partial charge in [-0.05, 0) is 32.3 Å². The van der Waals surface area contributed by atoms with Crippen LogP contribution in [-0.2, 0) is 6.54 Å². The highest BCUT2D eigenvalue weighted by Gasteiger charge is 2.31. The van der Waals surface area contributed by atoms with E-state index in [0.29, 0.717) is 19.4 Å². The van der Waals surface area contributed by atoms with Crippen molar-refractivity contribution in [3.05, 3.63) is 29.5 Å². The van der Waals surface area contributed by atoms with Gasteiger partial charge in [0.05, 0.1) is 25.3 Å². The second kappa shape index (κ2) is 5.67. The fourth-order valence-corrected chi connectivity index (χ4v) is 2.64. The molecule has 1 aromatic heterocycles. The number of hydrogen-bond acceptors (Lipinski definition) is 5. The molecule has 0 aliphatic carbocycles. The highest BCUT2D eigenvalue weighted by molar-refractivity contribution is 5.93. The highest BCUT2D eigenvalue weighted by atomic mass is 19.1. The first kappa shape index (κ1) is 13.8. The average Bonchev–Trinajstić information content (AvgIpc) is 3.05. The molecule has 2 aliphatic heterocycles. The Balaban J connectivity index is 1.88. The number of hydrogen-bond donors (Lipinski definition) is 1. The van der Waals surface area contributed by atoms with Crippen molar-refractivity contribution in [2.24, 2.45) is 10.1 Å². The topological polar surface area (TPSA) is 57.8 Å². The molecule has 0 aromatic carbocycles. The molecule has 1 atom stereocenters. The highest BCUT2D eigenvalue weighted by Crippen LogP contribution is 2.26. The Morgan fingerprint density at radius 1 is 1.38 bits per heavy atom. The van der Waals surface area contributed by atoms with Gasteiger partial charge >= 0.3 is 0 Å². The van der Waals surface area contributed by atoms with Gasteiger partial charge < -0.3 is 4.57 Å². The monoisotopic (exact) mass is 290 g/mol. The van der Waals surface area contributed by atoms with E-state index in [1.807, 2.05) is 29.5 Å². The van der Waals surface area contributed by atoms with Gasteiger partial charge in [-0.1, -0.05) is 0 Å². The minimum atomic E-state index is -0.322. The lowest BCUT2D eigenvalue weighted by Gasteiger charge is -2.29. The maximum atomic E-state index is 12.6. The van der Waals surface area contributed by atoms with E-state index < -0.39 is 0 Å². The minimum absolute atomic E-state index is 0.0344. The van der Waals surface area contributed by atoms with Gasteiger partial charge in [0.15, 0.2) is 0 Å². The molecule has 0 radical (unpaired) electrons. The summed E-state index contributed by atoms with van der Waals surface area (Å²) < 4.78 is 14.6. The van der Waals surface area contributed by atoms with Crippen LogP contribution in [-0.4, -0.2) is 39.5 Å². The van der Waals surface area contributed by atoms with Crippen molar-refractivity contribution >= 4 is 12.2 Å². The molecule has 0 spiro atoms. The van der Waals surface area contributed by atoms with Gasteiger partial charge in [-0.25, -0.2) is 9.98 Å². The predicted molar refractivity (Wildman–Crippen MR) is 79.6 cm³/mol. The first-order valence-electron chi connectivity index (χ1n) is 7.08. The quantitative estimate of drug-likeness (QED) is 0.899. The molecular formula is C14H19FN6. The zero-order valence-electron chi connectivity index (χ0n) is 12.3. The maximum Gasteiger partial charge on any atom is 0.145 e. The van der Waals surface area contributed by atoms with Crippen LogP contribution < -0.4 is 5.43 Å². The summed E-state index contributed by atoms with van der Waals surface area (Å²) in [6.07, 6.45) is 6.64. The lowest BCUT2D eigenvalue weighted by atomic mass is 10.0. The van der Waals surface area contributed by atoms with E-state index in [1.165, 1.54) is 0 Å². The Morgan fingerprint density at radius 3 is 2.95 bits per heavy atom. The van der Waals surface area contributed by atoms with Crippen LogP contribution in [0, 0.1) is 6.92 Å². The zero-order valence-corrected chi connectivity index (χ0v) is 12.3. The third-order valence-corrected chi connectivity index (χ3v) is 3.86. The normalized spacial score (nSPS) is 20.6. The van der Waals surface area contributed by atoms with Crippen molar-refractivity contribution in [2.75, 3.05) is 6.67 Å². The number of hydrazone groups is 1. The zero-order chi connectivity index (χ0) is 14.8. The summed E-state index contributed by atoms with van der Waals surface area (Å²) in [5.74, 6) is 1.82. The van der Waals surface area contributed by atoms with Crippen LogP contribution in [0.3, 0.4) is 0 Å². The molecule has 0 saturated carbocycles. The lowest BCUT2D eigenvalue weighted by molar-refractivity contribution is 0.417. The number of nitrogens with one attached hydrogen (secondary N) is 1. The first-order chi connectivity index (χ1) is 10.2. The number of allylic oxidation sites excluding steroid dienone is 1. The predicted octanol–water partition coefficient (Wildman–Crippen LogP) is 1.80. The molecule has 3 heterocycles. The van der Waals surface area contributed by atoms with E-state index in [2.05, 4.69) is 20.5 Å². The van der Waals surface area contributed by atoms with Crippen molar-refractivity contribution in [3.63, 3.8) is 0 Å². The number of alkyl halides is 1. The summed E-state index contributed by atoms with van der Waals surface area (Å²) in [7, 11) is 0. The fraction of sp³-hybridized carbons (Fsp3) is 0.500. The van der Waals surface area contributed by atoms with Gasteiger partial charge in [0.25, 0.3) is 0 Å². The molecule has 1 N–H and O–H groups in total. The summed E-state index contributed by atoms with van der Waals surface area (Å²) in [5, 5.41) is 4.24. The Bertz CT molecular complexity index is 615. The van der Waals surface area contributed by atoms with Crippen LogP contribution in [0.1, 0.15) is 25.6 Å². The number of aromatic nitrogens is 2. The average molecular weight is 290 g/mol. The summed E-state index contributed by atoms with van der Waals surface area (Å²) in [6.45, 7) is 4.21. The number of imidazole rings is 1. The standard InChI is InChI=1S/C14H19FN6/c1-10-16-6-7-20(10)8-13-12(4-3-5-15)14-19-18-11(2)21(14)9-17-13/h6-7,9,14,19H,3-5,8H2,1-2H3. The third-order valence-electron chi connectivity index (χ3n) is 3.86. The van der Waals surface area contributed by atoms with Crippen LogP contribution in [0.2, 0.25) is 0 Å². The number of aliphatic imine (C=N–C) groups is 1. The van der Waals surface area contributed by atoms with E-state index in [1.54, 1.807) is 12.5 Å². The Morgan fingerprint density at radius 2 is 2.24 bits per heavy atom. The molecule has 0 amide bonds. The van der Waals surface area contributed by atoms with Crippen LogP contribution in [0.25, 0.3) is 0 Å². The van der Waals surface area contributed by atoms with Crippen LogP contribution in [0.15, 0.2) is 33.8 Å². The Labute approximate surface area is 123 Å². The van der Waals surface area contributed by atoms with Gasteiger partial charge in [0.1, 0.15) is 17.8 Å². The van der Waals surface area contributed by atoms with Crippen LogP contribution >= 0.6 is 0 Å². The second-order valence-electron chi connectivity index (χ2n) is 5.21. The summed E-state index contributed by atoms with van der Waals surface area (Å²) in [6, 6.07) is 0. The molecule has 3 rings (SSSR count). The van der Waals surface area contributed by atoms with E-state index >= 15 is 0 Å².